The highest BCUT2D eigenvalue weighted by molar-refractivity contribution is 6.06. The molecule has 0 fully saturated rings. The van der Waals surface area contributed by atoms with Gasteiger partial charge in [-0.1, -0.05) is 6.07 Å². The fraction of sp³-hybridized carbons (Fsp3) is 0.0667. The van der Waals surface area contributed by atoms with Gasteiger partial charge in [-0.15, -0.1) is 0 Å². The van der Waals surface area contributed by atoms with Gasteiger partial charge in [-0.3, -0.25) is 4.79 Å². The predicted molar refractivity (Wildman–Crippen MR) is 70.2 cm³/mol. The molecule has 0 aliphatic carbocycles. The number of nitriles is 1. The van der Waals surface area contributed by atoms with Gasteiger partial charge in [0.25, 0.3) is 5.91 Å². The number of nitrogens with zero attached hydrogens (tertiary/aromatic N) is 2. The van der Waals surface area contributed by atoms with Gasteiger partial charge in [0.05, 0.1) is 17.2 Å². The summed E-state index contributed by atoms with van der Waals surface area (Å²) in [5, 5.41) is 8.81. The average molecular weight is 290 g/mol. The number of rotatable bonds is 2. The lowest BCUT2D eigenvalue weighted by Crippen LogP contribution is -2.27. The third-order valence-corrected chi connectivity index (χ3v) is 2.93. The number of anilines is 1. The molecule has 21 heavy (non-hydrogen) atoms. The Kier molecular flexibility index (Phi) is 3.94. The smallest absolute Gasteiger partial charge is 0.261 e. The number of carbonyl (C=O) groups is 1. The molecule has 0 atom stereocenters. The predicted octanol–water partition coefficient (Wildman–Crippen LogP) is 3.25. The first-order valence-electron chi connectivity index (χ1n) is 5.87. The summed E-state index contributed by atoms with van der Waals surface area (Å²) in [6.45, 7) is 0. The largest absolute Gasteiger partial charge is 0.311 e. The van der Waals surface area contributed by atoms with Crippen LogP contribution in [-0.2, 0) is 0 Å². The zero-order valence-corrected chi connectivity index (χ0v) is 10.9. The maximum absolute atomic E-state index is 13.6. The van der Waals surface area contributed by atoms with Crippen LogP contribution in [0.25, 0.3) is 0 Å². The maximum Gasteiger partial charge on any atom is 0.261 e. The lowest BCUT2D eigenvalue weighted by Gasteiger charge is -2.18. The first kappa shape index (κ1) is 14.6. The molecule has 6 heteroatoms. The van der Waals surface area contributed by atoms with E-state index in [0.717, 1.165) is 11.0 Å². The van der Waals surface area contributed by atoms with Crippen LogP contribution in [0.1, 0.15) is 15.9 Å². The molecule has 1 amide bonds. The molecule has 0 aliphatic rings. The molecular weight excluding hydrogens is 281 g/mol. The average Bonchev–Trinajstić information content (AvgIpc) is 2.51. The first-order valence-corrected chi connectivity index (χ1v) is 5.87. The third-order valence-electron chi connectivity index (χ3n) is 2.93. The van der Waals surface area contributed by atoms with Crippen LogP contribution < -0.4 is 4.90 Å². The summed E-state index contributed by atoms with van der Waals surface area (Å²) in [5.41, 5.74) is 0.0693. The Morgan fingerprint density at radius 3 is 2.52 bits per heavy atom. The second-order valence-electron chi connectivity index (χ2n) is 4.25. The van der Waals surface area contributed by atoms with E-state index in [2.05, 4.69) is 0 Å². The van der Waals surface area contributed by atoms with Crippen LogP contribution in [0, 0.1) is 28.8 Å². The zero-order valence-electron chi connectivity index (χ0n) is 10.9. The van der Waals surface area contributed by atoms with Crippen molar-refractivity contribution in [1.29, 1.82) is 5.26 Å². The van der Waals surface area contributed by atoms with E-state index >= 15 is 0 Å². The molecule has 2 aromatic rings. The van der Waals surface area contributed by atoms with Crippen molar-refractivity contribution in [3.05, 3.63) is 65.0 Å². The molecule has 0 spiro atoms. The Bertz CT molecular complexity index is 753. The van der Waals surface area contributed by atoms with Crippen molar-refractivity contribution in [2.75, 3.05) is 11.9 Å². The first-order chi connectivity index (χ1) is 9.95. The standard InChI is InChI=1S/C15H9F3N2O/c1-20(10-4-2-3-9(7-10)8-19)15(21)11-5-6-12(16)14(18)13(11)17/h2-7H,1H3. The number of benzene rings is 2. The summed E-state index contributed by atoms with van der Waals surface area (Å²) in [6, 6.07) is 9.53. The van der Waals surface area contributed by atoms with Gasteiger partial charge in [-0.25, -0.2) is 13.2 Å². The highest BCUT2D eigenvalue weighted by Gasteiger charge is 2.22. The molecule has 2 rings (SSSR count). The number of hydrogen-bond acceptors (Lipinski definition) is 2. The Hall–Kier alpha value is -2.81. The van der Waals surface area contributed by atoms with Gasteiger partial charge in [0.1, 0.15) is 0 Å². The van der Waals surface area contributed by atoms with Crippen LogP contribution in [-0.4, -0.2) is 13.0 Å². The van der Waals surface area contributed by atoms with Crippen LogP contribution in [0.4, 0.5) is 18.9 Å². The van der Waals surface area contributed by atoms with E-state index < -0.39 is 28.9 Å². The molecule has 0 N–H and O–H groups in total. The highest BCUT2D eigenvalue weighted by Crippen LogP contribution is 2.20. The van der Waals surface area contributed by atoms with Crippen LogP contribution in [0.5, 0.6) is 0 Å². The van der Waals surface area contributed by atoms with Crippen molar-refractivity contribution in [3.8, 4) is 6.07 Å². The Balaban J connectivity index is 2.40. The molecular formula is C15H9F3N2O. The SMILES string of the molecule is CN(C(=O)c1ccc(F)c(F)c1F)c1cccc(C#N)c1. The van der Waals surface area contributed by atoms with E-state index in [1.807, 2.05) is 6.07 Å². The molecule has 0 aromatic heterocycles. The molecule has 0 radical (unpaired) electrons. The lowest BCUT2D eigenvalue weighted by molar-refractivity contribution is 0.0988. The number of amides is 1. The minimum absolute atomic E-state index is 0.318. The van der Waals surface area contributed by atoms with E-state index in [1.165, 1.54) is 19.2 Å². The summed E-state index contributed by atoms with van der Waals surface area (Å²) in [7, 11) is 1.35. The summed E-state index contributed by atoms with van der Waals surface area (Å²) in [6.07, 6.45) is 0. The van der Waals surface area contributed by atoms with E-state index in [4.69, 9.17) is 5.26 Å². The van der Waals surface area contributed by atoms with Crippen LogP contribution in [0.2, 0.25) is 0 Å². The third kappa shape index (κ3) is 2.72. The topological polar surface area (TPSA) is 44.1 Å². The van der Waals surface area contributed by atoms with Gasteiger partial charge in [0.2, 0.25) is 0 Å². The molecule has 106 valence electrons. The van der Waals surface area contributed by atoms with Gasteiger partial charge >= 0.3 is 0 Å². The van der Waals surface area contributed by atoms with Crippen molar-refractivity contribution in [2.24, 2.45) is 0 Å². The van der Waals surface area contributed by atoms with Crippen molar-refractivity contribution in [2.45, 2.75) is 0 Å². The Morgan fingerprint density at radius 2 is 1.86 bits per heavy atom. The van der Waals surface area contributed by atoms with Gasteiger partial charge in [-0.2, -0.15) is 5.26 Å². The maximum atomic E-state index is 13.6. The molecule has 0 saturated heterocycles. The minimum atomic E-state index is -1.69. The van der Waals surface area contributed by atoms with E-state index in [-0.39, 0.29) is 0 Å². The molecule has 3 nitrogen and oxygen atoms in total. The van der Waals surface area contributed by atoms with E-state index in [0.29, 0.717) is 17.3 Å². The Morgan fingerprint density at radius 1 is 1.14 bits per heavy atom. The second kappa shape index (κ2) is 5.67. The van der Waals surface area contributed by atoms with E-state index in [1.54, 1.807) is 12.1 Å². The summed E-state index contributed by atoms with van der Waals surface area (Å²) in [5.74, 6) is -5.44. The second-order valence-corrected chi connectivity index (χ2v) is 4.25. The van der Waals surface area contributed by atoms with E-state index in [9.17, 15) is 18.0 Å². The van der Waals surface area contributed by atoms with Gasteiger partial charge in [0, 0.05) is 12.7 Å². The van der Waals surface area contributed by atoms with Crippen LogP contribution >= 0.6 is 0 Å². The molecule has 0 aliphatic heterocycles. The summed E-state index contributed by atoms with van der Waals surface area (Å²) >= 11 is 0. The minimum Gasteiger partial charge on any atom is -0.311 e. The normalized spacial score (nSPS) is 10.0. The molecule has 0 heterocycles. The van der Waals surface area contributed by atoms with Gasteiger partial charge < -0.3 is 4.90 Å². The quantitative estimate of drug-likeness (QED) is 0.797. The summed E-state index contributed by atoms with van der Waals surface area (Å²) in [4.78, 5) is 13.2. The van der Waals surface area contributed by atoms with Gasteiger partial charge in [-0.05, 0) is 30.3 Å². The number of halogens is 3. The van der Waals surface area contributed by atoms with Crippen molar-refractivity contribution in [1.82, 2.24) is 0 Å². The molecule has 0 unspecified atom stereocenters. The molecule has 0 bridgehead atoms. The van der Waals surface area contributed by atoms with Crippen LogP contribution in [0.15, 0.2) is 36.4 Å². The molecule has 0 saturated carbocycles. The highest BCUT2D eigenvalue weighted by atomic mass is 19.2. The number of hydrogen-bond donors (Lipinski definition) is 0. The molecule has 2 aromatic carbocycles. The van der Waals surface area contributed by atoms with Gasteiger partial charge in [0.15, 0.2) is 17.5 Å². The Labute approximate surface area is 118 Å². The number of carbonyl (C=O) groups excluding carboxylic acids is 1. The van der Waals surface area contributed by atoms with Crippen LogP contribution in [0.3, 0.4) is 0 Å². The van der Waals surface area contributed by atoms with Crippen molar-refractivity contribution >= 4 is 11.6 Å². The fourth-order valence-electron chi connectivity index (χ4n) is 1.77. The van der Waals surface area contributed by atoms with Crippen molar-refractivity contribution < 1.29 is 18.0 Å². The summed E-state index contributed by atoms with van der Waals surface area (Å²) < 4.78 is 39.7. The fourth-order valence-corrected chi connectivity index (χ4v) is 1.77. The van der Waals surface area contributed by atoms with Crippen molar-refractivity contribution in [3.63, 3.8) is 0 Å². The lowest BCUT2D eigenvalue weighted by atomic mass is 10.1. The monoisotopic (exact) mass is 290 g/mol. The zero-order chi connectivity index (χ0) is 15.6.